The van der Waals surface area contributed by atoms with Gasteiger partial charge in [0.15, 0.2) is 0 Å². The molecule has 2 fully saturated rings. The molecule has 2 aliphatic rings. The molecule has 0 N–H and O–H groups in total. The third-order valence-corrected chi connectivity index (χ3v) is 4.52. The van der Waals surface area contributed by atoms with Gasteiger partial charge in [0.25, 0.3) is 0 Å². The van der Waals surface area contributed by atoms with E-state index in [1.54, 1.807) is 6.20 Å². The van der Waals surface area contributed by atoms with Gasteiger partial charge in [-0.1, -0.05) is 6.42 Å². The van der Waals surface area contributed by atoms with Crippen molar-refractivity contribution < 1.29 is 4.74 Å². The molecule has 4 heteroatoms. The van der Waals surface area contributed by atoms with Gasteiger partial charge >= 0.3 is 0 Å². The van der Waals surface area contributed by atoms with Crippen LogP contribution in [-0.4, -0.2) is 35.1 Å². The molecule has 1 aliphatic carbocycles. The van der Waals surface area contributed by atoms with Gasteiger partial charge in [-0.3, -0.25) is 0 Å². The third-order valence-electron chi connectivity index (χ3n) is 4.06. The Morgan fingerprint density at radius 1 is 1.17 bits per heavy atom. The number of halogens is 1. The monoisotopic (exact) mass is 310 g/mol. The zero-order valence-corrected chi connectivity index (χ0v) is 12.1. The summed E-state index contributed by atoms with van der Waals surface area (Å²) < 4.78 is 6.93. The van der Waals surface area contributed by atoms with Crippen molar-refractivity contribution in [2.24, 2.45) is 0 Å². The van der Waals surface area contributed by atoms with Crippen LogP contribution in [0.25, 0.3) is 0 Å². The topological polar surface area (TPSA) is 25.4 Å². The molecule has 0 bridgehead atoms. The Balaban J connectivity index is 1.48. The zero-order valence-electron chi connectivity index (χ0n) is 10.5. The van der Waals surface area contributed by atoms with Crippen molar-refractivity contribution >= 4 is 15.9 Å². The minimum atomic E-state index is 0.343. The SMILES string of the molecule is Brc1ccc(OC2CCN(C3CCC3)CC2)nc1. The van der Waals surface area contributed by atoms with E-state index in [4.69, 9.17) is 4.74 Å². The minimum Gasteiger partial charge on any atom is -0.474 e. The fourth-order valence-corrected chi connectivity index (χ4v) is 2.95. The van der Waals surface area contributed by atoms with Crippen molar-refractivity contribution in [1.82, 2.24) is 9.88 Å². The predicted molar refractivity (Wildman–Crippen MR) is 74.8 cm³/mol. The summed E-state index contributed by atoms with van der Waals surface area (Å²) in [6.07, 6.45) is 8.63. The van der Waals surface area contributed by atoms with Gasteiger partial charge < -0.3 is 9.64 Å². The Labute approximate surface area is 117 Å². The van der Waals surface area contributed by atoms with E-state index in [0.717, 1.165) is 29.2 Å². The molecule has 1 saturated carbocycles. The third kappa shape index (κ3) is 2.86. The minimum absolute atomic E-state index is 0.343. The average molecular weight is 311 g/mol. The second kappa shape index (κ2) is 5.57. The van der Waals surface area contributed by atoms with Gasteiger partial charge in [-0.05, 0) is 47.7 Å². The van der Waals surface area contributed by atoms with Gasteiger partial charge in [-0.2, -0.15) is 0 Å². The lowest BCUT2D eigenvalue weighted by Gasteiger charge is -2.41. The first-order valence-corrected chi connectivity index (χ1v) is 7.63. The summed E-state index contributed by atoms with van der Waals surface area (Å²) in [7, 11) is 0. The molecule has 0 spiro atoms. The first-order chi connectivity index (χ1) is 8.81. The Bertz CT molecular complexity index is 383. The number of hydrogen-bond donors (Lipinski definition) is 0. The van der Waals surface area contributed by atoms with Crippen molar-refractivity contribution in [3.8, 4) is 5.88 Å². The van der Waals surface area contributed by atoms with E-state index in [2.05, 4.69) is 25.8 Å². The van der Waals surface area contributed by atoms with Crippen LogP contribution in [-0.2, 0) is 0 Å². The van der Waals surface area contributed by atoms with Crippen molar-refractivity contribution in [3.63, 3.8) is 0 Å². The summed E-state index contributed by atoms with van der Waals surface area (Å²) in [5.74, 6) is 0.750. The van der Waals surface area contributed by atoms with E-state index in [0.29, 0.717) is 6.10 Å². The maximum Gasteiger partial charge on any atom is 0.213 e. The molecular weight excluding hydrogens is 292 g/mol. The molecule has 3 rings (SSSR count). The van der Waals surface area contributed by atoms with Crippen molar-refractivity contribution in [2.75, 3.05) is 13.1 Å². The first kappa shape index (κ1) is 12.4. The van der Waals surface area contributed by atoms with E-state index < -0.39 is 0 Å². The van der Waals surface area contributed by atoms with Crippen LogP contribution in [0.4, 0.5) is 0 Å². The fraction of sp³-hybridized carbons (Fsp3) is 0.643. The molecule has 0 atom stereocenters. The van der Waals surface area contributed by atoms with Gasteiger partial charge in [0, 0.05) is 35.9 Å². The second-order valence-electron chi connectivity index (χ2n) is 5.25. The molecule has 98 valence electrons. The smallest absolute Gasteiger partial charge is 0.213 e. The quantitative estimate of drug-likeness (QED) is 0.857. The lowest BCUT2D eigenvalue weighted by atomic mass is 9.90. The molecule has 1 aromatic rings. The van der Waals surface area contributed by atoms with E-state index in [-0.39, 0.29) is 0 Å². The summed E-state index contributed by atoms with van der Waals surface area (Å²) in [6.45, 7) is 2.37. The highest BCUT2D eigenvalue weighted by atomic mass is 79.9. The van der Waals surface area contributed by atoms with Crippen LogP contribution in [0.15, 0.2) is 22.8 Å². The average Bonchev–Trinajstić information content (AvgIpc) is 2.32. The van der Waals surface area contributed by atoms with Crippen LogP contribution in [0.2, 0.25) is 0 Å². The summed E-state index contributed by atoms with van der Waals surface area (Å²) in [6, 6.07) is 4.78. The Kier molecular flexibility index (Phi) is 3.85. The molecule has 2 heterocycles. The lowest BCUT2D eigenvalue weighted by Crippen LogP contribution is -2.46. The summed E-state index contributed by atoms with van der Waals surface area (Å²) >= 11 is 3.38. The first-order valence-electron chi connectivity index (χ1n) is 6.83. The molecule has 0 amide bonds. The molecule has 1 aromatic heterocycles. The molecule has 0 unspecified atom stereocenters. The molecule has 0 radical (unpaired) electrons. The van der Waals surface area contributed by atoms with Crippen LogP contribution in [0.1, 0.15) is 32.1 Å². The Morgan fingerprint density at radius 2 is 1.94 bits per heavy atom. The van der Waals surface area contributed by atoms with Crippen molar-refractivity contribution in [3.05, 3.63) is 22.8 Å². The van der Waals surface area contributed by atoms with E-state index >= 15 is 0 Å². The number of nitrogens with zero attached hydrogens (tertiary/aromatic N) is 2. The molecule has 0 aromatic carbocycles. The molecule has 18 heavy (non-hydrogen) atoms. The predicted octanol–water partition coefficient (Wildman–Crippen LogP) is 3.24. The van der Waals surface area contributed by atoms with Crippen molar-refractivity contribution in [2.45, 2.75) is 44.2 Å². The highest BCUT2D eigenvalue weighted by Crippen LogP contribution is 2.28. The number of pyridine rings is 1. The lowest BCUT2D eigenvalue weighted by molar-refractivity contribution is 0.0475. The molecule has 1 aliphatic heterocycles. The van der Waals surface area contributed by atoms with Crippen molar-refractivity contribution in [1.29, 1.82) is 0 Å². The maximum absolute atomic E-state index is 5.93. The normalized spacial score (nSPS) is 22.7. The number of hydrogen-bond acceptors (Lipinski definition) is 3. The number of rotatable bonds is 3. The van der Waals surface area contributed by atoms with E-state index in [1.807, 2.05) is 12.1 Å². The summed E-state index contributed by atoms with van der Waals surface area (Å²) in [5.41, 5.74) is 0. The highest BCUT2D eigenvalue weighted by Gasteiger charge is 2.29. The summed E-state index contributed by atoms with van der Waals surface area (Å²) in [4.78, 5) is 6.91. The standard InChI is InChI=1S/C14H19BrN2O/c15-11-4-5-14(16-10-11)18-13-6-8-17(9-7-13)12-2-1-3-12/h4-5,10,12-13H,1-3,6-9H2. The van der Waals surface area contributed by atoms with Gasteiger partial charge in [-0.15, -0.1) is 0 Å². The zero-order chi connectivity index (χ0) is 12.4. The number of piperidine rings is 1. The molecular formula is C14H19BrN2O. The molecule has 1 saturated heterocycles. The van der Waals surface area contributed by atoms with Gasteiger partial charge in [0.05, 0.1) is 0 Å². The van der Waals surface area contributed by atoms with Gasteiger partial charge in [-0.25, -0.2) is 4.98 Å². The van der Waals surface area contributed by atoms with E-state index in [1.165, 1.54) is 32.4 Å². The fourth-order valence-electron chi connectivity index (χ4n) is 2.71. The largest absolute Gasteiger partial charge is 0.474 e. The number of ether oxygens (including phenoxy) is 1. The van der Waals surface area contributed by atoms with Crippen LogP contribution in [0.3, 0.4) is 0 Å². The Hall–Kier alpha value is -0.610. The van der Waals surface area contributed by atoms with E-state index in [9.17, 15) is 0 Å². The van der Waals surface area contributed by atoms with Gasteiger partial charge in [0.2, 0.25) is 5.88 Å². The second-order valence-corrected chi connectivity index (χ2v) is 6.17. The highest BCUT2D eigenvalue weighted by molar-refractivity contribution is 9.10. The van der Waals surface area contributed by atoms with Crippen LogP contribution >= 0.6 is 15.9 Å². The Morgan fingerprint density at radius 3 is 2.50 bits per heavy atom. The van der Waals surface area contributed by atoms with Crippen LogP contribution in [0, 0.1) is 0 Å². The molecule has 3 nitrogen and oxygen atoms in total. The van der Waals surface area contributed by atoms with Gasteiger partial charge in [0.1, 0.15) is 6.10 Å². The van der Waals surface area contributed by atoms with Crippen LogP contribution < -0.4 is 4.74 Å². The maximum atomic E-state index is 5.93. The number of likely N-dealkylation sites (tertiary alicyclic amines) is 1. The van der Waals surface area contributed by atoms with Crippen LogP contribution in [0.5, 0.6) is 5.88 Å². The number of aromatic nitrogens is 1. The summed E-state index contributed by atoms with van der Waals surface area (Å²) in [5, 5.41) is 0.